The van der Waals surface area contributed by atoms with Gasteiger partial charge in [-0.1, -0.05) is 12.2 Å². The van der Waals surface area contributed by atoms with Crippen LogP contribution < -0.4 is 0 Å². The summed E-state index contributed by atoms with van der Waals surface area (Å²) in [5, 5.41) is 8.97. The van der Waals surface area contributed by atoms with Crippen molar-refractivity contribution in [3.05, 3.63) is 58.7 Å². The molecule has 6 nitrogen and oxygen atoms in total. The Kier molecular flexibility index (Phi) is 4.31. The number of ketones is 2. The van der Waals surface area contributed by atoms with Gasteiger partial charge in [0.15, 0.2) is 11.6 Å². The number of ether oxygens (including phenoxy) is 1. The first-order valence-corrected chi connectivity index (χ1v) is 6.47. The molecule has 0 bridgehead atoms. The summed E-state index contributed by atoms with van der Waals surface area (Å²) in [5.41, 5.74) is 0.358. The number of carboxylic acid groups (broad SMARTS) is 1. The van der Waals surface area contributed by atoms with E-state index in [0.29, 0.717) is 11.1 Å². The van der Waals surface area contributed by atoms with E-state index < -0.39 is 23.5 Å². The van der Waals surface area contributed by atoms with Crippen LogP contribution in [0.3, 0.4) is 0 Å². The molecule has 0 saturated carbocycles. The molecule has 2 aliphatic carbocycles. The van der Waals surface area contributed by atoms with Gasteiger partial charge in [-0.05, 0) is 42.4 Å². The van der Waals surface area contributed by atoms with E-state index in [1.54, 1.807) is 6.92 Å². The molecule has 0 saturated heterocycles. The smallest absolute Gasteiger partial charge is 0.342 e. The van der Waals surface area contributed by atoms with Crippen molar-refractivity contribution in [1.82, 2.24) is 0 Å². The van der Waals surface area contributed by atoms with E-state index >= 15 is 0 Å². The van der Waals surface area contributed by atoms with E-state index in [2.05, 4.69) is 0 Å². The first-order valence-electron chi connectivity index (χ1n) is 6.47. The number of hydrogen-bond donors (Lipinski definition) is 1. The van der Waals surface area contributed by atoms with Crippen LogP contribution >= 0.6 is 0 Å². The van der Waals surface area contributed by atoms with Crippen LogP contribution in [0.2, 0.25) is 0 Å². The lowest BCUT2D eigenvalue weighted by atomic mass is 9.92. The molecule has 0 heterocycles. The van der Waals surface area contributed by atoms with Gasteiger partial charge in [-0.3, -0.25) is 9.59 Å². The number of aliphatic carboxylic acids is 1. The summed E-state index contributed by atoms with van der Waals surface area (Å²) in [6.45, 7) is 1.76. The molecule has 0 aromatic rings. The molecule has 112 valence electrons. The van der Waals surface area contributed by atoms with Crippen LogP contribution in [-0.4, -0.2) is 35.2 Å². The van der Waals surface area contributed by atoms with Gasteiger partial charge in [0.05, 0.1) is 6.61 Å². The minimum absolute atomic E-state index is 0.135. The summed E-state index contributed by atoms with van der Waals surface area (Å²) in [5.74, 6) is -3.17. The van der Waals surface area contributed by atoms with E-state index in [4.69, 9.17) is 9.84 Å². The number of carboxylic acids is 1. The third-order valence-corrected chi connectivity index (χ3v) is 3.02. The van der Waals surface area contributed by atoms with Crippen molar-refractivity contribution in [3.8, 4) is 0 Å². The van der Waals surface area contributed by atoms with Gasteiger partial charge < -0.3 is 9.84 Å². The lowest BCUT2D eigenvalue weighted by molar-refractivity contribution is -0.140. The lowest BCUT2D eigenvalue weighted by Gasteiger charge is -2.12. The standard InChI is InChI=1S/C16H12O6/c1-2-22-16(21)12-8-10(4-6-14(12)18)9-3-5-13(17)11(7-9)15(19)20/h3-8H,2H2,1H3,(H,19,20). The highest BCUT2D eigenvalue weighted by molar-refractivity contribution is 6.24. The Balaban J connectivity index is 2.47. The maximum atomic E-state index is 11.7. The molecule has 0 aliphatic heterocycles. The van der Waals surface area contributed by atoms with Crippen molar-refractivity contribution >= 4 is 23.5 Å². The third-order valence-electron chi connectivity index (χ3n) is 3.02. The summed E-state index contributed by atoms with van der Waals surface area (Å²) in [4.78, 5) is 45.9. The Hall–Kier alpha value is -3.02. The minimum Gasteiger partial charge on any atom is -0.478 e. The molecule has 0 aromatic carbocycles. The second kappa shape index (κ2) is 6.17. The van der Waals surface area contributed by atoms with E-state index in [9.17, 15) is 19.2 Å². The maximum Gasteiger partial charge on any atom is 0.342 e. The molecule has 2 rings (SSSR count). The number of carbonyl (C=O) groups is 4. The van der Waals surface area contributed by atoms with Gasteiger partial charge >= 0.3 is 11.9 Å². The monoisotopic (exact) mass is 300 g/mol. The predicted octanol–water partition coefficient (Wildman–Crippen LogP) is 1.06. The minimum atomic E-state index is -1.34. The average Bonchev–Trinajstić information content (AvgIpc) is 2.48. The first-order chi connectivity index (χ1) is 10.4. The van der Waals surface area contributed by atoms with Gasteiger partial charge in [-0.15, -0.1) is 0 Å². The Morgan fingerprint density at radius 2 is 1.45 bits per heavy atom. The Morgan fingerprint density at radius 3 is 1.95 bits per heavy atom. The van der Waals surface area contributed by atoms with E-state index in [1.165, 1.54) is 30.4 Å². The highest BCUT2D eigenvalue weighted by Gasteiger charge is 2.23. The number of esters is 1. The molecular formula is C16H12O6. The zero-order valence-electron chi connectivity index (χ0n) is 11.7. The lowest BCUT2D eigenvalue weighted by Crippen LogP contribution is -2.17. The Bertz CT molecular complexity index is 728. The molecule has 0 amide bonds. The van der Waals surface area contributed by atoms with Crippen LogP contribution in [0.25, 0.3) is 0 Å². The van der Waals surface area contributed by atoms with Gasteiger partial charge in [-0.25, -0.2) is 9.59 Å². The molecule has 0 aromatic heterocycles. The zero-order valence-corrected chi connectivity index (χ0v) is 11.7. The van der Waals surface area contributed by atoms with Crippen molar-refractivity contribution < 1.29 is 29.0 Å². The fourth-order valence-corrected chi connectivity index (χ4v) is 1.95. The molecule has 22 heavy (non-hydrogen) atoms. The second-order valence-electron chi connectivity index (χ2n) is 4.45. The van der Waals surface area contributed by atoms with E-state index in [1.807, 2.05) is 0 Å². The van der Waals surface area contributed by atoms with Crippen molar-refractivity contribution in [2.24, 2.45) is 0 Å². The van der Waals surface area contributed by atoms with Gasteiger partial charge in [0.1, 0.15) is 11.1 Å². The SMILES string of the molecule is CCOC(=O)C1=CC(=C2C=CC(=O)C(C(=O)O)=C2)C=CC1=O. The molecule has 0 radical (unpaired) electrons. The van der Waals surface area contributed by atoms with Crippen molar-refractivity contribution in [1.29, 1.82) is 0 Å². The summed E-state index contributed by atoms with van der Waals surface area (Å²) in [6.07, 6.45) is 7.76. The second-order valence-corrected chi connectivity index (χ2v) is 4.45. The van der Waals surface area contributed by atoms with Crippen molar-refractivity contribution in [3.63, 3.8) is 0 Å². The number of allylic oxidation sites excluding steroid dienone is 8. The van der Waals surface area contributed by atoms with E-state index in [0.717, 1.165) is 6.08 Å². The molecule has 0 spiro atoms. The van der Waals surface area contributed by atoms with Gasteiger partial charge in [0, 0.05) is 0 Å². The normalized spacial score (nSPS) is 20.6. The maximum absolute atomic E-state index is 11.7. The third kappa shape index (κ3) is 3.01. The number of rotatable bonds is 3. The highest BCUT2D eigenvalue weighted by Crippen LogP contribution is 2.23. The van der Waals surface area contributed by atoms with Crippen LogP contribution in [0, 0.1) is 0 Å². The number of carbonyl (C=O) groups excluding carboxylic acids is 3. The van der Waals surface area contributed by atoms with Crippen LogP contribution in [0.1, 0.15) is 6.92 Å². The fraction of sp³-hybridized carbons (Fsp3) is 0.125. The van der Waals surface area contributed by atoms with Gasteiger partial charge in [-0.2, -0.15) is 0 Å². The Morgan fingerprint density at radius 1 is 0.955 bits per heavy atom. The quantitative estimate of drug-likeness (QED) is 0.618. The summed E-state index contributed by atoms with van der Waals surface area (Å²) in [6, 6.07) is 0. The average molecular weight is 300 g/mol. The van der Waals surface area contributed by atoms with E-state index in [-0.39, 0.29) is 17.8 Å². The van der Waals surface area contributed by atoms with Crippen molar-refractivity contribution in [2.45, 2.75) is 6.92 Å². The van der Waals surface area contributed by atoms with Gasteiger partial charge in [0.25, 0.3) is 0 Å². The molecule has 0 atom stereocenters. The molecule has 6 heteroatoms. The van der Waals surface area contributed by atoms with Crippen LogP contribution in [-0.2, 0) is 23.9 Å². The van der Waals surface area contributed by atoms with Crippen molar-refractivity contribution in [2.75, 3.05) is 6.61 Å². The molecule has 0 unspecified atom stereocenters. The zero-order chi connectivity index (χ0) is 16.3. The molecule has 1 N–H and O–H groups in total. The van der Waals surface area contributed by atoms with Crippen LogP contribution in [0.4, 0.5) is 0 Å². The fourth-order valence-electron chi connectivity index (χ4n) is 1.95. The highest BCUT2D eigenvalue weighted by atomic mass is 16.5. The van der Waals surface area contributed by atoms with Gasteiger partial charge in [0.2, 0.25) is 0 Å². The molecule has 0 fully saturated rings. The molecule has 2 aliphatic rings. The van der Waals surface area contributed by atoms with Crippen LogP contribution in [0.5, 0.6) is 0 Å². The largest absolute Gasteiger partial charge is 0.478 e. The van der Waals surface area contributed by atoms with Crippen LogP contribution in [0.15, 0.2) is 58.7 Å². The predicted molar refractivity (Wildman–Crippen MR) is 75.8 cm³/mol. The molecular weight excluding hydrogens is 288 g/mol. The topological polar surface area (TPSA) is 97.7 Å². The first kappa shape index (κ1) is 15.4. The summed E-state index contributed by atoms with van der Waals surface area (Å²) in [7, 11) is 0. The number of hydrogen-bond acceptors (Lipinski definition) is 5. The Labute approximate surface area is 125 Å². The summed E-state index contributed by atoms with van der Waals surface area (Å²) < 4.78 is 4.80. The summed E-state index contributed by atoms with van der Waals surface area (Å²) >= 11 is 0.